The van der Waals surface area contributed by atoms with Gasteiger partial charge in [0, 0.05) is 52.0 Å². The van der Waals surface area contributed by atoms with Crippen LogP contribution in [0.1, 0.15) is 16.8 Å². The summed E-state index contributed by atoms with van der Waals surface area (Å²) in [6.07, 6.45) is 2.69. The summed E-state index contributed by atoms with van der Waals surface area (Å²) in [7, 11) is 3.29. The fraction of sp³-hybridized carbons (Fsp3) is 0.478. The molecule has 2 aromatic rings. The summed E-state index contributed by atoms with van der Waals surface area (Å²) in [5, 5.41) is 0. The lowest BCUT2D eigenvalue weighted by atomic mass is 9.98. The Morgan fingerprint density at radius 3 is 2.33 bits per heavy atom. The van der Waals surface area contributed by atoms with Crippen LogP contribution in [0.25, 0.3) is 0 Å². The molecule has 0 radical (unpaired) electrons. The zero-order valence-corrected chi connectivity index (χ0v) is 17.8. The van der Waals surface area contributed by atoms with Crippen molar-refractivity contribution in [3.63, 3.8) is 0 Å². The molecule has 4 rings (SSSR count). The molecular weight excluding hydrogens is 380 g/mol. The summed E-state index contributed by atoms with van der Waals surface area (Å²) in [6, 6.07) is 10.1. The molecule has 7 heteroatoms. The van der Waals surface area contributed by atoms with E-state index in [0.717, 1.165) is 68.4 Å². The molecule has 0 atom stereocenters. The van der Waals surface area contributed by atoms with Crippen LogP contribution in [-0.2, 0) is 24.3 Å². The fourth-order valence-corrected chi connectivity index (χ4v) is 4.21. The molecule has 1 amide bonds. The molecule has 3 heterocycles. The van der Waals surface area contributed by atoms with Crippen molar-refractivity contribution in [1.29, 1.82) is 0 Å². The number of hydrogen-bond acceptors (Lipinski definition) is 6. The Morgan fingerprint density at radius 1 is 0.967 bits per heavy atom. The smallest absolute Gasteiger partial charge is 0.237 e. The molecule has 1 fully saturated rings. The minimum Gasteiger partial charge on any atom is -0.493 e. The van der Waals surface area contributed by atoms with Gasteiger partial charge in [0.15, 0.2) is 11.5 Å². The molecule has 1 saturated heterocycles. The summed E-state index contributed by atoms with van der Waals surface area (Å²) < 4.78 is 10.8. The number of benzene rings is 1. The van der Waals surface area contributed by atoms with E-state index in [1.54, 1.807) is 14.2 Å². The van der Waals surface area contributed by atoms with Gasteiger partial charge < -0.3 is 14.4 Å². The predicted octanol–water partition coefficient (Wildman–Crippen LogP) is 1.80. The third-order valence-electron chi connectivity index (χ3n) is 6.01. The molecule has 1 aromatic heterocycles. The standard InChI is InChI=1S/C23H30N4O3/c1-29-21-13-18-6-8-27(15-19(18)14-22(21)30-2)23(28)17-26-11-9-25(10-12-26)16-20-5-3-4-7-24-20/h3-5,7,13-14H,6,8-12,15-17H2,1-2H3. The summed E-state index contributed by atoms with van der Waals surface area (Å²) in [5.74, 6) is 1.67. The summed E-state index contributed by atoms with van der Waals surface area (Å²) in [5.41, 5.74) is 3.48. The molecule has 160 valence electrons. The third kappa shape index (κ3) is 4.74. The maximum absolute atomic E-state index is 12.9. The minimum atomic E-state index is 0.202. The molecule has 30 heavy (non-hydrogen) atoms. The molecule has 2 aliphatic heterocycles. The highest BCUT2D eigenvalue weighted by molar-refractivity contribution is 5.78. The number of carbonyl (C=O) groups is 1. The van der Waals surface area contributed by atoms with Gasteiger partial charge >= 0.3 is 0 Å². The van der Waals surface area contributed by atoms with E-state index in [1.807, 2.05) is 35.4 Å². The van der Waals surface area contributed by atoms with Crippen molar-refractivity contribution in [2.75, 3.05) is 53.5 Å². The van der Waals surface area contributed by atoms with E-state index in [-0.39, 0.29) is 5.91 Å². The van der Waals surface area contributed by atoms with Gasteiger partial charge in [0.1, 0.15) is 0 Å². The molecule has 0 N–H and O–H groups in total. The third-order valence-corrected chi connectivity index (χ3v) is 6.01. The number of methoxy groups -OCH3 is 2. The van der Waals surface area contributed by atoms with Crippen molar-refractivity contribution < 1.29 is 14.3 Å². The van der Waals surface area contributed by atoms with Gasteiger partial charge in [-0.05, 0) is 41.8 Å². The SMILES string of the molecule is COc1cc2c(cc1OC)CN(C(=O)CN1CCN(Cc3ccccn3)CC1)CC2. The van der Waals surface area contributed by atoms with Crippen LogP contribution in [0.5, 0.6) is 11.5 Å². The first-order chi connectivity index (χ1) is 14.7. The van der Waals surface area contributed by atoms with Gasteiger partial charge in [0.25, 0.3) is 0 Å². The van der Waals surface area contributed by atoms with Crippen LogP contribution >= 0.6 is 0 Å². The summed E-state index contributed by atoms with van der Waals surface area (Å²) >= 11 is 0. The average Bonchev–Trinajstić information content (AvgIpc) is 2.79. The number of aromatic nitrogens is 1. The minimum absolute atomic E-state index is 0.202. The molecular formula is C23H30N4O3. The fourth-order valence-electron chi connectivity index (χ4n) is 4.21. The molecule has 2 aliphatic rings. The van der Waals surface area contributed by atoms with Gasteiger partial charge in [-0.1, -0.05) is 6.07 Å². The van der Waals surface area contributed by atoms with Crippen molar-refractivity contribution in [2.24, 2.45) is 0 Å². The maximum Gasteiger partial charge on any atom is 0.237 e. The van der Waals surface area contributed by atoms with Gasteiger partial charge in [-0.2, -0.15) is 0 Å². The monoisotopic (exact) mass is 410 g/mol. The van der Waals surface area contributed by atoms with E-state index in [4.69, 9.17) is 9.47 Å². The molecule has 0 saturated carbocycles. The van der Waals surface area contributed by atoms with E-state index in [9.17, 15) is 4.79 Å². The summed E-state index contributed by atoms with van der Waals surface area (Å²) in [4.78, 5) is 24.0. The topological polar surface area (TPSA) is 58.1 Å². The Bertz CT molecular complexity index is 866. The van der Waals surface area contributed by atoms with Gasteiger partial charge in [0.2, 0.25) is 5.91 Å². The number of amides is 1. The van der Waals surface area contributed by atoms with Crippen LogP contribution in [-0.4, -0.2) is 79.1 Å². The zero-order chi connectivity index (χ0) is 20.9. The Hall–Kier alpha value is -2.64. The van der Waals surface area contributed by atoms with E-state index in [2.05, 4.69) is 20.9 Å². The first kappa shape index (κ1) is 20.6. The van der Waals surface area contributed by atoms with Crippen LogP contribution in [0.15, 0.2) is 36.5 Å². The summed E-state index contributed by atoms with van der Waals surface area (Å²) in [6.45, 7) is 6.49. The highest BCUT2D eigenvalue weighted by Crippen LogP contribution is 2.33. The Balaban J connectivity index is 1.29. The zero-order valence-electron chi connectivity index (χ0n) is 17.8. The predicted molar refractivity (Wildman–Crippen MR) is 115 cm³/mol. The first-order valence-electron chi connectivity index (χ1n) is 10.5. The van der Waals surface area contributed by atoms with E-state index < -0.39 is 0 Å². The van der Waals surface area contributed by atoms with E-state index in [0.29, 0.717) is 13.1 Å². The lowest BCUT2D eigenvalue weighted by Gasteiger charge is -2.36. The van der Waals surface area contributed by atoms with Crippen LogP contribution in [0.3, 0.4) is 0 Å². The second-order valence-electron chi connectivity index (χ2n) is 7.91. The lowest BCUT2D eigenvalue weighted by molar-refractivity contribution is -0.133. The highest BCUT2D eigenvalue weighted by Gasteiger charge is 2.25. The number of fused-ring (bicyclic) bond motifs is 1. The Labute approximate surface area is 178 Å². The number of pyridine rings is 1. The lowest BCUT2D eigenvalue weighted by Crippen LogP contribution is -2.50. The highest BCUT2D eigenvalue weighted by atomic mass is 16.5. The largest absolute Gasteiger partial charge is 0.493 e. The number of piperazine rings is 1. The van der Waals surface area contributed by atoms with Gasteiger partial charge in [-0.3, -0.25) is 19.6 Å². The van der Waals surface area contributed by atoms with Crippen molar-refractivity contribution in [2.45, 2.75) is 19.5 Å². The molecule has 0 bridgehead atoms. The maximum atomic E-state index is 12.9. The van der Waals surface area contributed by atoms with Gasteiger partial charge in [-0.25, -0.2) is 0 Å². The molecule has 1 aromatic carbocycles. The molecule has 0 unspecified atom stereocenters. The van der Waals surface area contributed by atoms with Crippen LogP contribution in [0, 0.1) is 0 Å². The number of rotatable bonds is 6. The van der Waals surface area contributed by atoms with E-state index >= 15 is 0 Å². The van der Waals surface area contributed by atoms with Crippen LogP contribution in [0.2, 0.25) is 0 Å². The Morgan fingerprint density at radius 2 is 1.67 bits per heavy atom. The van der Waals surface area contributed by atoms with E-state index in [1.165, 1.54) is 5.56 Å². The van der Waals surface area contributed by atoms with Crippen molar-refractivity contribution in [3.05, 3.63) is 53.3 Å². The molecule has 7 nitrogen and oxygen atoms in total. The second-order valence-corrected chi connectivity index (χ2v) is 7.91. The van der Waals surface area contributed by atoms with Crippen molar-refractivity contribution >= 4 is 5.91 Å². The first-order valence-corrected chi connectivity index (χ1v) is 10.5. The van der Waals surface area contributed by atoms with Gasteiger partial charge in [-0.15, -0.1) is 0 Å². The molecule has 0 aliphatic carbocycles. The second kappa shape index (κ2) is 9.45. The number of ether oxygens (including phenoxy) is 2. The van der Waals surface area contributed by atoms with Crippen LogP contribution < -0.4 is 9.47 Å². The average molecular weight is 411 g/mol. The molecule has 0 spiro atoms. The quantitative estimate of drug-likeness (QED) is 0.724. The number of carbonyl (C=O) groups excluding carboxylic acids is 1. The van der Waals surface area contributed by atoms with Gasteiger partial charge in [0.05, 0.1) is 26.5 Å². The number of nitrogens with zero attached hydrogens (tertiary/aromatic N) is 4. The van der Waals surface area contributed by atoms with Crippen molar-refractivity contribution in [1.82, 2.24) is 19.7 Å². The van der Waals surface area contributed by atoms with Crippen molar-refractivity contribution in [3.8, 4) is 11.5 Å². The normalized spacial score (nSPS) is 17.5. The Kier molecular flexibility index (Phi) is 6.50. The van der Waals surface area contributed by atoms with Crippen LogP contribution in [0.4, 0.5) is 0 Å². The number of hydrogen-bond donors (Lipinski definition) is 0.